The van der Waals surface area contributed by atoms with Crippen LogP contribution in [0.2, 0.25) is 0 Å². The van der Waals surface area contributed by atoms with Gasteiger partial charge in [0.15, 0.2) is 0 Å². The van der Waals surface area contributed by atoms with Crippen LogP contribution in [-0.4, -0.2) is 42.0 Å². The highest BCUT2D eigenvalue weighted by molar-refractivity contribution is 6.30. The lowest BCUT2D eigenvalue weighted by molar-refractivity contribution is -0.130. The molecule has 0 saturated carbocycles. The Bertz CT molecular complexity index is 262. The number of amides is 1. The molecule has 0 fully saturated rings. The molecular weight excluding hydrogens is 240 g/mol. The summed E-state index contributed by atoms with van der Waals surface area (Å²) in [7, 11) is 0. The van der Waals surface area contributed by atoms with Crippen LogP contribution in [0.5, 0.6) is 0 Å². The molecule has 0 aliphatic carbocycles. The van der Waals surface area contributed by atoms with Gasteiger partial charge in [0.1, 0.15) is 5.38 Å². The molecule has 0 aliphatic rings. The molecule has 0 aliphatic heterocycles. The minimum Gasteiger partial charge on any atom is -0.379 e. The van der Waals surface area contributed by atoms with E-state index in [9.17, 15) is 4.79 Å². The summed E-state index contributed by atoms with van der Waals surface area (Å²) in [5.74, 6) is -0.119. The van der Waals surface area contributed by atoms with Gasteiger partial charge >= 0.3 is 0 Å². The van der Waals surface area contributed by atoms with Crippen LogP contribution < -0.4 is 0 Å². The molecule has 5 heteroatoms. The van der Waals surface area contributed by atoms with Crippen molar-refractivity contribution in [3.63, 3.8) is 0 Å². The zero-order valence-corrected chi connectivity index (χ0v) is 11.5. The van der Waals surface area contributed by atoms with E-state index < -0.39 is 5.38 Å². The summed E-state index contributed by atoms with van der Waals surface area (Å²) in [4.78, 5) is 13.4. The highest BCUT2D eigenvalue weighted by atomic mass is 35.5. The average Bonchev–Trinajstić information content (AvgIpc) is 2.26. The minimum atomic E-state index is -0.542. The number of nitriles is 1. The Kier molecular flexibility index (Phi) is 8.83. The lowest BCUT2D eigenvalue weighted by Gasteiger charge is -2.23. The van der Waals surface area contributed by atoms with Crippen molar-refractivity contribution < 1.29 is 9.53 Å². The molecule has 4 nitrogen and oxygen atoms in total. The first kappa shape index (κ1) is 16.2. The Balaban J connectivity index is 4.02. The van der Waals surface area contributed by atoms with Gasteiger partial charge in [-0.15, -0.1) is 11.6 Å². The van der Waals surface area contributed by atoms with Gasteiger partial charge in [-0.3, -0.25) is 4.79 Å². The normalized spacial score (nSPS) is 12.2. The van der Waals surface area contributed by atoms with Crippen LogP contribution in [0.15, 0.2) is 0 Å². The van der Waals surface area contributed by atoms with Crippen LogP contribution in [0.3, 0.4) is 0 Å². The number of halogens is 1. The zero-order chi connectivity index (χ0) is 13.3. The first-order valence-corrected chi connectivity index (χ1v) is 6.34. The Morgan fingerprint density at radius 3 is 2.53 bits per heavy atom. The van der Waals surface area contributed by atoms with Crippen LogP contribution in [0.25, 0.3) is 0 Å². The summed E-state index contributed by atoms with van der Waals surface area (Å²) >= 11 is 5.76. The van der Waals surface area contributed by atoms with Gasteiger partial charge in [-0.1, -0.05) is 0 Å². The van der Waals surface area contributed by atoms with E-state index in [2.05, 4.69) is 0 Å². The summed E-state index contributed by atoms with van der Waals surface area (Å²) < 4.78 is 5.40. The topological polar surface area (TPSA) is 53.3 Å². The standard InChI is InChI=1S/C12H21ClN2O2/c1-10(2)17-9-5-8-15(7-4-6-14)12(16)11(3)13/h10-11H,4-5,7-9H2,1-3H3. The molecule has 0 bridgehead atoms. The maximum absolute atomic E-state index is 11.7. The Morgan fingerprint density at radius 1 is 1.41 bits per heavy atom. The van der Waals surface area contributed by atoms with Crippen molar-refractivity contribution in [2.75, 3.05) is 19.7 Å². The molecule has 0 aromatic rings. The Hall–Kier alpha value is -0.790. The second kappa shape index (κ2) is 9.26. The maximum Gasteiger partial charge on any atom is 0.240 e. The number of rotatable bonds is 8. The van der Waals surface area contributed by atoms with Gasteiger partial charge in [0, 0.05) is 19.7 Å². The number of nitrogens with zero attached hydrogens (tertiary/aromatic N) is 2. The van der Waals surface area contributed by atoms with E-state index in [0.29, 0.717) is 26.1 Å². The van der Waals surface area contributed by atoms with Gasteiger partial charge < -0.3 is 9.64 Å². The van der Waals surface area contributed by atoms with E-state index in [4.69, 9.17) is 21.6 Å². The van der Waals surface area contributed by atoms with Crippen LogP contribution in [0.1, 0.15) is 33.6 Å². The molecule has 1 amide bonds. The first-order valence-electron chi connectivity index (χ1n) is 5.90. The molecule has 0 N–H and O–H groups in total. The molecule has 0 saturated heterocycles. The van der Waals surface area contributed by atoms with Gasteiger partial charge in [0.25, 0.3) is 0 Å². The molecule has 0 rings (SSSR count). The van der Waals surface area contributed by atoms with E-state index in [1.165, 1.54) is 0 Å². The third-order valence-electron chi connectivity index (χ3n) is 2.17. The first-order chi connectivity index (χ1) is 7.99. The molecule has 0 spiro atoms. The van der Waals surface area contributed by atoms with Crippen molar-refractivity contribution in [3.05, 3.63) is 0 Å². The summed E-state index contributed by atoms with van der Waals surface area (Å²) in [5, 5.41) is 7.99. The zero-order valence-electron chi connectivity index (χ0n) is 10.8. The summed E-state index contributed by atoms with van der Waals surface area (Å²) in [6.45, 7) is 7.23. The molecule has 0 aromatic carbocycles. The fraction of sp³-hybridized carbons (Fsp3) is 0.833. The molecule has 17 heavy (non-hydrogen) atoms. The number of hydrogen-bond donors (Lipinski definition) is 0. The number of carbonyl (C=O) groups excluding carboxylic acids is 1. The second-order valence-corrected chi connectivity index (χ2v) is 4.78. The van der Waals surface area contributed by atoms with Crippen molar-refractivity contribution in [2.45, 2.75) is 45.1 Å². The fourth-order valence-corrected chi connectivity index (χ4v) is 1.48. The Labute approximate surface area is 108 Å². The highest BCUT2D eigenvalue weighted by Crippen LogP contribution is 2.04. The SMILES string of the molecule is CC(C)OCCCN(CCC#N)C(=O)C(C)Cl. The van der Waals surface area contributed by atoms with Crippen molar-refractivity contribution in [1.82, 2.24) is 4.90 Å². The van der Waals surface area contributed by atoms with E-state index >= 15 is 0 Å². The third-order valence-corrected chi connectivity index (χ3v) is 2.36. The molecule has 0 heterocycles. The lowest BCUT2D eigenvalue weighted by atomic mass is 10.3. The minimum absolute atomic E-state index is 0.119. The van der Waals surface area contributed by atoms with Gasteiger partial charge in [-0.2, -0.15) is 5.26 Å². The molecular formula is C12H21ClN2O2. The number of carbonyl (C=O) groups is 1. The van der Waals surface area contributed by atoms with E-state index in [1.54, 1.807) is 11.8 Å². The summed E-state index contributed by atoms with van der Waals surface area (Å²) in [6.07, 6.45) is 1.30. The van der Waals surface area contributed by atoms with E-state index in [-0.39, 0.29) is 12.0 Å². The molecule has 98 valence electrons. The Morgan fingerprint density at radius 2 is 2.06 bits per heavy atom. The van der Waals surface area contributed by atoms with E-state index in [0.717, 1.165) is 6.42 Å². The predicted octanol–water partition coefficient (Wildman–Crippen LogP) is 2.17. The third kappa shape index (κ3) is 8.00. The van der Waals surface area contributed by atoms with Crippen molar-refractivity contribution >= 4 is 17.5 Å². The van der Waals surface area contributed by atoms with Crippen LogP contribution in [0, 0.1) is 11.3 Å². The van der Waals surface area contributed by atoms with Crippen LogP contribution in [-0.2, 0) is 9.53 Å². The number of alkyl halides is 1. The van der Waals surface area contributed by atoms with Gasteiger partial charge in [0.05, 0.1) is 18.6 Å². The van der Waals surface area contributed by atoms with Gasteiger partial charge in [0.2, 0.25) is 5.91 Å². The predicted molar refractivity (Wildman–Crippen MR) is 67.8 cm³/mol. The van der Waals surface area contributed by atoms with Crippen LogP contribution in [0.4, 0.5) is 0 Å². The lowest BCUT2D eigenvalue weighted by Crippen LogP contribution is -2.37. The molecule has 1 unspecified atom stereocenters. The average molecular weight is 261 g/mol. The maximum atomic E-state index is 11.7. The summed E-state index contributed by atoms with van der Waals surface area (Å²) in [6, 6.07) is 2.03. The summed E-state index contributed by atoms with van der Waals surface area (Å²) in [5.41, 5.74) is 0. The quantitative estimate of drug-likeness (QED) is 0.496. The van der Waals surface area contributed by atoms with Crippen LogP contribution >= 0.6 is 11.6 Å². The fourth-order valence-electron chi connectivity index (χ4n) is 1.34. The number of hydrogen-bond acceptors (Lipinski definition) is 3. The second-order valence-electron chi connectivity index (χ2n) is 4.12. The van der Waals surface area contributed by atoms with Crippen molar-refractivity contribution in [2.24, 2.45) is 0 Å². The highest BCUT2D eigenvalue weighted by Gasteiger charge is 2.17. The van der Waals surface area contributed by atoms with Gasteiger partial charge in [-0.05, 0) is 27.2 Å². The number of ether oxygens (including phenoxy) is 1. The molecule has 0 aromatic heterocycles. The van der Waals surface area contributed by atoms with Crippen molar-refractivity contribution in [1.29, 1.82) is 5.26 Å². The molecule has 0 radical (unpaired) electrons. The molecule has 1 atom stereocenters. The monoisotopic (exact) mass is 260 g/mol. The largest absolute Gasteiger partial charge is 0.379 e. The van der Waals surface area contributed by atoms with E-state index in [1.807, 2.05) is 19.9 Å². The smallest absolute Gasteiger partial charge is 0.240 e. The van der Waals surface area contributed by atoms with Crippen molar-refractivity contribution in [3.8, 4) is 6.07 Å². The van der Waals surface area contributed by atoms with Gasteiger partial charge in [-0.25, -0.2) is 0 Å².